The zero-order valence-electron chi connectivity index (χ0n) is 9.73. The van der Waals surface area contributed by atoms with E-state index in [-0.39, 0.29) is 5.97 Å². The van der Waals surface area contributed by atoms with Crippen LogP contribution in [0.1, 0.15) is 12.5 Å². The van der Waals surface area contributed by atoms with Crippen molar-refractivity contribution in [2.75, 3.05) is 14.2 Å². The maximum Gasteiger partial charge on any atom is 0.334 e. The lowest BCUT2D eigenvalue weighted by Crippen LogP contribution is -2.21. The van der Waals surface area contributed by atoms with Crippen LogP contribution >= 0.6 is 0 Å². The van der Waals surface area contributed by atoms with Gasteiger partial charge in [0.2, 0.25) is 0 Å². The first-order valence-corrected chi connectivity index (χ1v) is 4.99. The second kappa shape index (κ2) is 6.12. The number of carbonyl (C=O) groups excluding carboxylic acids is 1. The van der Waals surface area contributed by atoms with Crippen molar-refractivity contribution in [1.29, 1.82) is 0 Å². The van der Waals surface area contributed by atoms with Gasteiger partial charge in [0.1, 0.15) is 5.75 Å². The van der Waals surface area contributed by atoms with Crippen molar-refractivity contribution in [3.05, 3.63) is 29.8 Å². The van der Waals surface area contributed by atoms with Gasteiger partial charge in [-0.05, 0) is 24.6 Å². The Hall–Kier alpha value is -1.55. The minimum atomic E-state index is -0.549. The maximum absolute atomic E-state index is 11.1. The second-order valence-corrected chi connectivity index (χ2v) is 3.32. The average Bonchev–Trinajstić information content (AvgIpc) is 2.35. The van der Waals surface area contributed by atoms with E-state index >= 15 is 0 Å². The first-order chi connectivity index (χ1) is 7.67. The van der Waals surface area contributed by atoms with Crippen LogP contribution in [0.3, 0.4) is 0 Å². The van der Waals surface area contributed by atoms with Gasteiger partial charge in [-0.3, -0.25) is 0 Å². The molecule has 0 aromatic heterocycles. The van der Waals surface area contributed by atoms with E-state index in [1.54, 1.807) is 14.0 Å². The van der Waals surface area contributed by atoms with E-state index in [0.717, 1.165) is 11.3 Å². The molecule has 0 radical (unpaired) electrons. The number of esters is 1. The molecule has 0 aliphatic rings. The Morgan fingerprint density at radius 2 is 1.88 bits per heavy atom. The van der Waals surface area contributed by atoms with Crippen LogP contribution in [0, 0.1) is 0 Å². The Labute approximate surface area is 95.1 Å². The van der Waals surface area contributed by atoms with Crippen LogP contribution in [0.4, 0.5) is 0 Å². The molecule has 0 heterocycles. The van der Waals surface area contributed by atoms with Crippen LogP contribution in [0.15, 0.2) is 24.3 Å². The highest BCUT2D eigenvalue weighted by atomic mass is 16.6. The van der Waals surface area contributed by atoms with E-state index in [0.29, 0.717) is 6.61 Å². The van der Waals surface area contributed by atoms with Gasteiger partial charge in [-0.25, -0.2) is 4.79 Å². The fourth-order valence-corrected chi connectivity index (χ4v) is 1.18. The third-order valence-corrected chi connectivity index (χ3v) is 2.19. The molecule has 88 valence electrons. The zero-order chi connectivity index (χ0) is 12.0. The van der Waals surface area contributed by atoms with E-state index in [1.807, 2.05) is 24.3 Å². The SMILES string of the molecule is COC(=O)[C@@H](C)OCc1ccc(OC)cc1. The summed E-state index contributed by atoms with van der Waals surface area (Å²) in [4.78, 5) is 11.1. The summed E-state index contributed by atoms with van der Waals surface area (Å²) in [7, 11) is 2.96. The van der Waals surface area contributed by atoms with Crippen LogP contribution in [-0.2, 0) is 20.9 Å². The fraction of sp³-hybridized carbons (Fsp3) is 0.417. The molecule has 1 aromatic rings. The molecule has 0 aliphatic heterocycles. The third kappa shape index (κ3) is 3.55. The van der Waals surface area contributed by atoms with Gasteiger partial charge in [-0.15, -0.1) is 0 Å². The molecule has 0 aliphatic carbocycles. The number of hydrogen-bond acceptors (Lipinski definition) is 4. The third-order valence-electron chi connectivity index (χ3n) is 2.19. The monoisotopic (exact) mass is 224 g/mol. The summed E-state index contributed by atoms with van der Waals surface area (Å²) in [6, 6.07) is 7.48. The Kier molecular flexibility index (Phi) is 4.79. The van der Waals surface area contributed by atoms with Gasteiger partial charge in [0, 0.05) is 0 Å². The van der Waals surface area contributed by atoms with Crippen molar-refractivity contribution in [3.63, 3.8) is 0 Å². The van der Waals surface area contributed by atoms with Crippen molar-refractivity contribution in [2.24, 2.45) is 0 Å². The van der Waals surface area contributed by atoms with E-state index < -0.39 is 6.10 Å². The molecule has 0 saturated carbocycles. The van der Waals surface area contributed by atoms with Crippen LogP contribution in [0.25, 0.3) is 0 Å². The van der Waals surface area contributed by atoms with E-state index in [1.165, 1.54) is 7.11 Å². The summed E-state index contributed by atoms with van der Waals surface area (Å²) >= 11 is 0. The van der Waals surface area contributed by atoms with E-state index in [9.17, 15) is 4.79 Å². The number of hydrogen-bond donors (Lipinski definition) is 0. The Morgan fingerprint density at radius 3 is 2.38 bits per heavy atom. The Morgan fingerprint density at radius 1 is 1.25 bits per heavy atom. The molecule has 0 unspecified atom stereocenters. The summed E-state index contributed by atoms with van der Waals surface area (Å²) in [6.07, 6.45) is -0.549. The summed E-state index contributed by atoms with van der Waals surface area (Å²) in [6.45, 7) is 2.04. The number of rotatable bonds is 5. The second-order valence-electron chi connectivity index (χ2n) is 3.32. The van der Waals surface area contributed by atoms with Gasteiger partial charge in [0.25, 0.3) is 0 Å². The standard InChI is InChI=1S/C12H16O4/c1-9(12(13)15-3)16-8-10-4-6-11(14-2)7-5-10/h4-7,9H,8H2,1-3H3/t9-/m1/s1. The van der Waals surface area contributed by atoms with Gasteiger partial charge in [-0.2, -0.15) is 0 Å². The first kappa shape index (κ1) is 12.5. The lowest BCUT2D eigenvalue weighted by Gasteiger charge is -2.10. The lowest BCUT2D eigenvalue weighted by molar-refractivity contribution is -0.153. The summed E-state index contributed by atoms with van der Waals surface area (Å²) in [5.74, 6) is 0.429. The molecule has 1 atom stereocenters. The maximum atomic E-state index is 11.1. The molecular formula is C12H16O4. The molecule has 0 spiro atoms. The number of methoxy groups -OCH3 is 2. The predicted octanol–water partition coefficient (Wildman–Crippen LogP) is 1.77. The highest BCUT2D eigenvalue weighted by Gasteiger charge is 2.12. The van der Waals surface area contributed by atoms with Crippen molar-refractivity contribution < 1.29 is 19.0 Å². The molecule has 0 N–H and O–H groups in total. The minimum absolute atomic E-state index is 0.367. The lowest BCUT2D eigenvalue weighted by atomic mass is 10.2. The van der Waals surface area contributed by atoms with Crippen LogP contribution in [0.2, 0.25) is 0 Å². The molecule has 4 heteroatoms. The van der Waals surface area contributed by atoms with Crippen molar-refractivity contribution in [1.82, 2.24) is 0 Å². The van der Waals surface area contributed by atoms with Crippen LogP contribution < -0.4 is 4.74 Å². The predicted molar refractivity (Wildman–Crippen MR) is 59.3 cm³/mol. The Bertz CT molecular complexity index is 331. The molecule has 4 nitrogen and oxygen atoms in total. The molecule has 0 fully saturated rings. The van der Waals surface area contributed by atoms with E-state index in [2.05, 4.69) is 4.74 Å². The molecule has 0 amide bonds. The largest absolute Gasteiger partial charge is 0.497 e. The quantitative estimate of drug-likeness (QED) is 0.715. The highest BCUT2D eigenvalue weighted by molar-refractivity contribution is 5.73. The normalized spacial score (nSPS) is 11.9. The summed E-state index contributed by atoms with van der Waals surface area (Å²) < 4.78 is 14.9. The zero-order valence-corrected chi connectivity index (χ0v) is 9.73. The molecule has 1 rings (SSSR count). The van der Waals surface area contributed by atoms with E-state index in [4.69, 9.17) is 9.47 Å². The molecule has 16 heavy (non-hydrogen) atoms. The average molecular weight is 224 g/mol. The molecule has 0 saturated heterocycles. The van der Waals surface area contributed by atoms with Crippen molar-refractivity contribution in [2.45, 2.75) is 19.6 Å². The molecule has 0 bridgehead atoms. The number of carbonyl (C=O) groups is 1. The smallest absolute Gasteiger partial charge is 0.334 e. The molecular weight excluding hydrogens is 208 g/mol. The summed E-state index contributed by atoms with van der Waals surface area (Å²) in [5.41, 5.74) is 0.983. The van der Waals surface area contributed by atoms with Gasteiger partial charge in [0.05, 0.1) is 20.8 Å². The van der Waals surface area contributed by atoms with Crippen molar-refractivity contribution >= 4 is 5.97 Å². The van der Waals surface area contributed by atoms with Gasteiger partial charge in [0.15, 0.2) is 6.10 Å². The van der Waals surface area contributed by atoms with Gasteiger partial charge < -0.3 is 14.2 Å². The number of ether oxygens (including phenoxy) is 3. The topological polar surface area (TPSA) is 44.8 Å². The summed E-state index contributed by atoms with van der Waals surface area (Å²) in [5, 5.41) is 0. The number of benzene rings is 1. The van der Waals surface area contributed by atoms with Gasteiger partial charge in [-0.1, -0.05) is 12.1 Å². The highest BCUT2D eigenvalue weighted by Crippen LogP contribution is 2.12. The van der Waals surface area contributed by atoms with Crippen molar-refractivity contribution in [3.8, 4) is 5.75 Å². The Balaban J connectivity index is 2.45. The first-order valence-electron chi connectivity index (χ1n) is 4.99. The van der Waals surface area contributed by atoms with Crippen LogP contribution in [-0.4, -0.2) is 26.3 Å². The fourth-order valence-electron chi connectivity index (χ4n) is 1.18. The molecule has 1 aromatic carbocycles. The minimum Gasteiger partial charge on any atom is -0.497 e. The van der Waals surface area contributed by atoms with Crippen LogP contribution in [0.5, 0.6) is 5.75 Å². The van der Waals surface area contributed by atoms with Gasteiger partial charge >= 0.3 is 5.97 Å².